The van der Waals surface area contributed by atoms with E-state index in [9.17, 15) is 0 Å². The quantitative estimate of drug-likeness (QED) is 0.558. The molecule has 1 aliphatic heterocycles. The maximum Gasteiger partial charge on any atom is 0.0475 e. The fourth-order valence-corrected chi connectivity index (χ4v) is 2.83. The molecule has 2 aliphatic rings. The van der Waals surface area contributed by atoms with Crippen molar-refractivity contribution in [2.45, 2.75) is 38.5 Å². The first-order valence-corrected chi connectivity index (χ1v) is 6.48. The first-order chi connectivity index (χ1) is 5.50. The molecule has 0 aromatic rings. The summed E-state index contributed by atoms with van der Waals surface area (Å²) in [6.07, 6.45) is 9.00. The highest BCUT2D eigenvalue weighted by molar-refractivity contribution is 8.21. The minimum atomic E-state index is 1.22. The van der Waals surface area contributed by atoms with Gasteiger partial charge in [0.1, 0.15) is 0 Å². The second-order valence-electron chi connectivity index (χ2n) is 2.84. The first-order valence-electron chi connectivity index (χ1n) is 4.38. The van der Waals surface area contributed by atoms with E-state index in [1.165, 1.54) is 43.6 Å². The zero-order valence-electron chi connectivity index (χ0n) is 6.92. The van der Waals surface area contributed by atoms with Gasteiger partial charge in [0.05, 0.1) is 0 Å². The molecular formula is C9H16S2. The van der Waals surface area contributed by atoms with Crippen molar-refractivity contribution in [2.75, 3.05) is 5.08 Å². The lowest BCUT2D eigenvalue weighted by Gasteiger charge is -2.05. The molecule has 2 rings (SSSR count). The van der Waals surface area contributed by atoms with Crippen molar-refractivity contribution in [1.82, 2.24) is 0 Å². The third-order valence-corrected chi connectivity index (χ3v) is 3.80. The minimum Gasteiger partial charge on any atom is -0.122 e. The van der Waals surface area contributed by atoms with E-state index in [1.807, 2.05) is 23.5 Å². The molecule has 1 heterocycles. The number of rotatable bonds is 0. The van der Waals surface area contributed by atoms with Gasteiger partial charge in [0.15, 0.2) is 0 Å². The average Bonchev–Trinajstić information content (AvgIpc) is 2.64. The number of thioether (sulfide) groups is 2. The Kier molecular flexibility index (Phi) is 6.16. The van der Waals surface area contributed by atoms with Gasteiger partial charge in [0.2, 0.25) is 0 Å². The van der Waals surface area contributed by atoms with E-state index in [2.05, 4.69) is 10.8 Å². The predicted octanol–water partition coefficient (Wildman–Crippen LogP) is 4.24. The molecule has 0 bridgehead atoms. The minimum absolute atomic E-state index is 1.22. The van der Waals surface area contributed by atoms with Crippen LogP contribution in [0.25, 0.3) is 0 Å². The summed E-state index contributed by atoms with van der Waals surface area (Å²) in [5.74, 6) is 0. The highest BCUT2D eigenvalue weighted by Crippen LogP contribution is 2.22. The summed E-state index contributed by atoms with van der Waals surface area (Å²) in [7, 11) is 0. The Bertz CT molecular complexity index is 88.6. The molecule has 0 radical (unpaired) electrons. The van der Waals surface area contributed by atoms with Crippen LogP contribution in [0, 0.1) is 0 Å². The molecule has 0 saturated heterocycles. The van der Waals surface area contributed by atoms with Gasteiger partial charge in [-0.2, -0.15) is 0 Å². The van der Waals surface area contributed by atoms with Crippen molar-refractivity contribution in [3.05, 3.63) is 10.8 Å². The third-order valence-electron chi connectivity index (χ3n) is 1.88. The molecule has 1 aliphatic carbocycles. The SMILES string of the molecule is C1=CSCS1.C1CCCCC1. The monoisotopic (exact) mass is 188 g/mol. The van der Waals surface area contributed by atoms with E-state index >= 15 is 0 Å². The molecule has 0 amide bonds. The summed E-state index contributed by atoms with van der Waals surface area (Å²) < 4.78 is 0. The molecule has 2 heteroatoms. The molecule has 64 valence electrons. The standard InChI is InChI=1S/C6H12.C3H4S2/c1-2-4-6-5-3-1;1-2-5-3-4-1/h1-6H2;1-2H,3H2. The molecular weight excluding hydrogens is 172 g/mol. The molecule has 0 atom stereocenters. The van der Waals surface area contributed by atoms with Crippen LogP contribution in [0.5, 0.6) is 0 Å². The molecule has 0 aromatic carbocycles. The lowest BCUT2D eigenvalue weighted by Crippen LogP contribution is -1.85. The van der Waals surface area contributed by atoms with Crippen molar-refractivity contribution >= 4 is 23.5 Å². The summed E-state index contributed by atoms with van der Waals surface area (Å²) in [6.45, 7) is 0. The maximum atomic E-state index is 2.12. The van der Waals surface area contributed by atoms with Crippen LogP contribution in [0.1, 0.15) is 38.5 Å². The Morgan fingerprint density at radius 3 is 1.18 bits per heavy atom. The first kappa shape index (κ1) is 9.53. The topological polar surface area (TPSA) is 0 Å². The molecule has 0 N–H and O–H groups in total. The van der Waals surface area contributed by atoms with Gasteiger partial charge in [-0.25, -0.2) is 0 Å². The van der Waals surface area contributed by atoms with E-state index in [-0.39, 0.29) is 0 Å². The van der Waals surface area contributed by atoms with E-state index in [1.54, 1.807) is 0 Å². The third kappa shape index (κ3) is 5.68. The van der Waals surface area contributed by atoms with Crippen molar-refractivity contribution in [1.29, 1.82) is 0 Å². The van der Waals surface area contributed by atoms with E-state index in [4.69, 9.17) is 0 Å². The Morgan fingerprint density at radius 2 is 1.00 bits per heavy atom. The van der Waals surface area contributed by atoms with Gasteiger partial charge in [0.25, 0.3) is 0 Å². The number of hydrogen-bond acceptors (Lipinski definition) is 2. The maximum absolute atomic E-state index is 2.12. The van der Waals surface area contributed by atoms with Crippen molar-refractivity contribution < 1.29 is 0 Å². The average molecular weight is 188 g/mol. The van der Waals surface area contributed by atoms with Gasteiger partial charge in [-0.15, -0.1) is 23.5 Å². The fraction of sp³-hybridized carbons (Fsp3) is 0.778. The van der Waals surface area contributed by atoms with E-state index in [0.29, 0.717) is 0 Å². The lowest BCUT2D eigenvalue weighted by atomic mass is 10.0. The van der Waals surface area contributed by atoms with Gasteiger partial charge in [-0.1, -0.05) is 38.5 Å². The molecule has 0 aromatic heterocycles. The zero-order chi connectivity index (χ0) is 7.78. The molecule has 0 nitrogen and oxygen atoms in total. The largest absolute Gasteiger partial charge is 0.122 e. The Labute approximate surface area is 78.2 Å². The summed E-state index contributed by atoms with van der Waals surface area (Å²) >= 11 is 3.71. The van der Waals surface area contributed by atoms with Crippen LogP contribution in [0.2, 0.25) is 0 Å². The lowest BCUT2D eigenvalue weighted by molar-refractivity contribution is 0.504. The summed E-state index contributed by atoms with van der Waals surface area (Å²) in [5, 5.41) is 5.45. The van der Waals surface area contributed by atoms with Gasteiger partial charge < -0.3 is 0 Å². The van der Waals surface area contributed by atoms with Crippen molar-refractivity contribution in [3.63, 3.8) is 0 Å². The summed E-state index contributed by atoms with van der Waals surface area (Å²) in [4.78, 5) is 0. The normalized spacial score (nSPS) is 22.5. The Balaban J connectivity index is 0.000000112. The fourth-order valence-electron chi connectivity index (χ4n) is 1.26. The van der Waals surface area contributed by atoms with Crippen LogP contribution in [-0.4, -0.2) is 5.08 Å². The molecule has 0 spiro atoms. The van der Waals surface area contributed by atoms with Crippen molar-refractivity contribution in [2.24, 2.45) is 0 Å². The summed E-state index contributed by atoms with van der Waals surface area (Å²) in [5.41, 5.74) is 0. The highest BCUT2D eigenvalue weighted by atomic mass is 32.2. The van der Waals surface area contributed by atoms with E-state index < -0.39 is 0 Å². The van der Waals surface area contributed by atoms with Gasteiger partial charge in [0, 0.05) is 5.08 Å². The second kappa shape index (κ2) is 7.11. The molecule has 0 unspecified atom stereocenters. The van der Waals surface area contributed by atoms with Crippen LogP contribution < -0.4 is 0 Å². The predicted molar refractivity (Wildman–Crippen MR) is 56.9 cm³/mol. The van der Waals surface area contributed by atoms with Gasteiger partial charge in [-0.3, -0.25) is 0 Å². The number of hydrogen-bond donors (Lipinski definition) is 0. The Hall–Kier alpha value is 0.440. The Morgan fingerprint density at radius 1 is 0.636 bits per heavy atom. The molecule has 1 saturated carbocycles. The highest BCUT2D eigenvalue weighted by Gasteiger charge is 1.95. The zero-order valence-corrected chi connectivity index (χ0v) is 8.55. The molecule has 1 fully saturated rings. The van der Waals surface area contributed by atoms with Gasteiger partial charge in [-0.05, 0) is 10.8 Å². The van der Waals surface area contributed by atoms with Crippen molar-refractivity contribution in [3.8, 4) is 0 Å². The molecule has 11 heavy (non-hydrogen) atoms. The van der Waals surface area contributed by atoms with Crippen LogP contribution >= 0.6 is 23.5 Å². The second-order valence-corrected chi connectivity index (χ2v) is 5.00. The van der Waals surface area contributed by atoms with Crippen LogP contribution in [0.4, 0.5) is 0 Å². The van der Waals surface area contributed by atoms with Crippen LogP contribution in [0.15, 0.2) is 10.8 Å². The van der Waals surface area contributed by atoms with Crippen LogP contribution in [-0.2, 0) is 0 Å². The van der Waals surface area contributed by atoms with Crippen LogP contribution in [0.3, 0.4) is 0 Å². The van der Waals surface area contributed by atoms with Gasteiger partial charge >= 0.3 is 0 Å². The smallest absolute Gasteiger partial charge is 0.0475 e. The van der Waals surface area contributed by atoms with E-state index in [0.717, 1.165) is 0 Å². The summed E-state index contributed by atoms with van der Waals surface area (Å²) in [6, 6.07) is 0.